The molecule has 8 heteroatoms. The van der Waals surface area contributed by atoms with E-state index in [1.807, 2.05) is 19.9 Å². The molecule has 0 aromatic carbocycles. The van der Waals surface area contributed by atoms with E-state index in [-0.39, 0.29) is 17.3 Å². The van der Waals surface area contributed by atoms with Crippen LogP contribution in [0.5, 0.6) is 0 Å². The van der Waals surface area contributed by atoms with Crippen molar-refractivity contribution in [2.45, 2.75) is 27.3 Å². The number of amides is 1. The summed E-state index contributed by atoms with van der Waals surface area (Å²) in [5, 5.41) is 18.9. The Morgan fingerprint density at radius 2 is 2.05 bits per heavy atom. The van der Waals surface area contributed by atoms with Crippen molar-refractivity contribution in [2.75, 3.05) is 0 Å². The third-order valence-electron chi connectivity index (χ3n) is 2.91. The summed E-state index contributed by atoms with van der Waals surface area (Å²) in [6, 6.07) is 4.96. The molecule has 22 heavy (non-hydrogen) atoms. The highest BCUT2D eigenvalue weighted by Crippen LogP contribution is 2.16. The molecule has 1 amide bonds. The predicted octanol–water partition coefficient (Wildman–Crippen LogP) is 0.465. The lowest BCUT2D eigenvalue weighted by Crippen LogP contribution is -2.25. The van der Waals surface area contributed by atoms with Gasteiger partial charge in [0, 0.05) is 5.69 Å². The fourth-order valence-electron chi connectivity index (χ4n) is 1.85. The number of hydrogen-bond acceptors (Lipinski definition) is 6. The number of carboxylic acid groups (broad SMARTS) is 1. The zero-order valence-electron chi connectivity index (χ0n) is 12.4. The van der Waals surface area contributed by atoms with Crippen molar-refractivity contribution in [3.63, 3.8) is 0 Å². The van der Waals surface area contributed by atoms with Gasteiger partial charge in [-0.25, -0.2) is 5.43 Å². The number of nitrogens with zero attached hydrogens (tertiary/aromatic N) is 3. The molecule has 0 spiro atoms. The molecule has 2 aromatic heterocycles. The number of hydrazone groups is 1. The van der Waals surface area contributed by atoms with Gasteiger partial charge in [0.2, 0.25) is 0 Å². The summed E-state index contributed by atoms with van der Waals surface area (Å²) >= 11 is 1.05. The second-order valence-corrected chi connectivity index (χ2v) is 5.85. The molecule has 0 radical (unpaired) electrons. The standard InChI is InChI=1S/C14H16N4O3S/c1-8-6-9(2)18(17-8)7-13(19)16-15-10(3)11-4-5-12(22-11)14(20)21/h4-6H,7H2,1-3H3,(H,16,19)(H,20,21)/p-1/b15-10-. The number of carbonyl (C=O) groups is 2. The van der Waals surface area contributed by atoms with Crippen molar-refractivity contribution in [3.8, 4) is 0 Å². The van der Waals surface area contributed by atoms with Gasteiger partial charge in [-0.1, -0.05) is 0 Å². The maximum absolute atomic E-state index is 11.8. The molecular weight excluding hydrogens is 304 g/mol. The molecule has 116 valence electrons. The summed E-state index contributed by atoms with van der Waals surface area (Å²) in [5.41, 5.74) is 4.70. The molecule has 0 atom stereocenters. The van der Waals surface area contributed by atoms with Crippen LogP contribution in [-0.2, 0) is 11.3 Å². The summed E-state index contributed by atoms with van der Waals surface area (Å²) < 4.78 is 1.59. The van der Waals surface area contributed by atoms with E-state index in [2.05, 4.69) is 15.6 Å². The number of aryl methyl sites for hydroxylation is 2. The largest absolute Gasteiger partial charge is 0.544 e. The fraction of sp³-hybridized carbons (Fsp3) is 0.286. The number of nitrogens with one attached hydrogen (secondary N) is 1. The monoisotopic (exact) mass is 319 g/mol. The van der Waals surface area contributed by atoms with Gasteiger partial charge in [-0.05, 0) is 39.0 Å². The molecule has 0 fully saturated rings. The van der Waals surface area contributed by atoms with Crippen molar-refractivity contribution in [1.29, 1.82) is 0 Å². The molecule has 0 unspecified atom stereocenters. The predicted molar refractivity (Wildman–Crippen MR) is 80.7 cm³/mol. The molecule has 0 saturated heterocycles. The van der Waals surface area contributed by atoms with Crippen LogP contribution >= 0.6 is 11.3 Å². The summed E-state index contributed by atoms with van der Waals surface area (Å²) in [5.74, 6) is -1.53. The Labute approximate surface area is 131 Å². The molecule has 0 aliphatic carbocycles. The number of hydrogen-bond donors (Lipinski definition) is 1. The number of thiophene rings is 1. The smallest absolute Gasteiger partial charge is 0.261 e. The van der Waals surface area contributed by atoms with Gasteiger partial charge in [0.1, 0.15) is 6.54 Å². The Morgan fingerprint density at radius 1 is 1.36 bits per heavy atom. The van der Waals surface area contributed by atoms with E-state index in [0.717, 1.165) is 22.7 Å². The summed E-state index contributed by atoms with van der Waals surface area (Å²) in [6.45, 7) is 5.49. The number of carboxylic acids is 1. The lowest BCUT2D eigenvalue weighted by molar-refractivity contribution is -0.254. The topological polar surface area (TPSA) is 99.4 Å². The average molecular weight is 319 g/mol. The quantitative estimate of drug-likeness (QED) is 0.639. The van der Waals surface area contributed by atoms with E-state index >= 15 is 0 Å². The van der Waals surface area contributed by atoms with Crippen molar-refractivity contribution in [2.24, 2.45) is 5.10 Å². The molecule has 2 aromatic rings. The van der Waals surface area contributed by atoms with Crippen LogP contribution in [0.25, 0.3) is 0 Å². The van der Waals surface area contributed by atoms with Gasteiger partial charge < -0.3 is 9.90 Å². The zero-order valence-corrected chi connectivity index (χ0v) is 13.2. The lowest BCUT2D eigenvalue weighted by Gasteiger charge is -2.04. The molecule has 0 saturated carbocycles. The molecule has 0 aliphatic rings. The minimum Gasteiger partial charge on any atom is -0.544 e. The minimum atomic E-state index is -1.22. The average Bonchev–Trinajstić information content (AvgIpc) is 3.04. The van der Waals surface area contributed by atoms with Crippen molar-refractivity contribution in [1.82, 2.24) is 15.2 Å². The highest BCUT2D eigenvalue weighted by molar-refractivity contribution is 7.15. The van der Waals surface area contributed by atoms with E-state index < -0.39 is 5.97 Å². The van der Waals surface area contributed by atoms with Crippen LogP contribution in [0.2, 0.25) is 0 Å². The molecule has 2 heterocycles. The molecule has 0 aliphatic heterocycles. The van der Waals surface area contributed by atoms with Crippen LogP contribution in [-0.4, -0.2) is 27.4 Å². The Morgan fingerprint density at radius 3 is 2.59 bits per heavy atom. The fourth-order valence-corrected chi connectivity index (χ4v) is 2.64. The molecule has 1 N–H and O–H groups in total. The Hall–Kier alpha value is -2.48. The second-order valence-electron chi connectivity index (χ2n) is 4.77. The first-order valence-corrected chi connectivity index (χ1v) is 7.34. The third kappa shape index (κ3) is 3.79. The van der Waals surface area contributed by atoms with Crippen LogP contribution < -0.4 is 10.5 Å². The first-order valence-electron chi connectivity index (χ1n) is 6.52. The SMILES string of the molecule is C/C(=N/NC(=O)Cn1nc(C)cc1C)c1ccc(C(=O)[O-])s1. The van der Waals surface area contributed by atoms with Gasteiger partial charge in [0.05, 0.1) is 27.1 Å². The Balaban J connectivity index is 1.99. The van der Waals surface area contributed by atoms with Gasteiger partial charge in [-0.15, -0.1) is 11.3 Å². The summed E-state index contributed by atoms with van der Waals surface area (Å²) in [7, 11) is 0. The molecular formula is C14H15N4O3S-. The Bertz CT molecular complexity index is 745. The maximum Gasteiger partial charge on any atom is 0.261 e. The van der Waals surface area contributed by atoms with Crippen molar-refractivity contribution >= 4 is 28.9 Å². The van der Waals surface area contributed by atoms with Crippen LogP contribution in [0, 0.1) is 13.8 Å². The Kier molecular flexibility index (Phi) is 4.71. The highest BCUT2D eigenvalue weighted by atomic mass is 32.1. The van der Waals surface area contributed by atoms with Crippen molar-refractivity contribution < 1.29 is 14.7 Å². The first kappa shape index (κ1) is 15.9. The van der Waals surface area contributed by atoms with Gasteiger partial charge in [0.15, 0.2) is 0 Å². The van der Waals surface area contributed by atoms with Gasteiger partial charge >= 0.3 is 0 Å². The van der Waals surface area contributed by atoms with E-state index in [1.165, 1.54) is 6.07 Å². The van der Waals surface area contributed by atoms with E-state index in [4.69, 9.17) is 0 Å². The second kappa shape index (κ2) is 6.52. The maximum atomic E-state index is 11.8. The van der Waals surface area contributed by atoms with Gasteiger partial charge in [-0.3, -0.25) is 9.48 Å². The number of rotatable bonds is 5. The summed E-state index contributed by atoms with van der Waals surface area (Å²) in [4.78, 5) is 23.3. The number of aromatic nitrogens is 2. The van der Waals surface area contributed by atoms with Gasteiger partial charge in [0.25, 0.3) is 5.91 Å². The first-order chi connectivity index (χ1) is 10.4. The normalized spacial score (nSPS) is 11.5. The lowest BCUT2D eigenvalue weighted by atomic mass is 10.3. The van der Waals surface area contributed by atoms with Crippen LogP contribution in [0.3, 0.4) is 0 Å². The van der Waals surface area contributed by atoms with Gasteiger partial charge in [-0.2, -0.15) is 10.2 Å². The molecule has 2 rings (SSSR count). The van der Waals surface area contributed by atoms with Crippen LogP contribution in [0.4, 0.5) is 0 Å². The van der Waals surface area contributed by atoms with E-state index in [1.54, 1.807) is 17.7 Å². The minimum absolute atomic E-state index is 0.0746. The van der Waals surface area contributed by atoms with E-state index in [9.17, 15) is 14.7 Å². The molecule has 7 nitrogen and oxygen atoms in total. The summed E-state index contributed by atoms with van der Waals surface area (Å²) in [6.07, 6.45) is 0. The van der Waals surface area contributed by atoms with Crippen LogP contribution in [0.15, 0.2) is 23.3 Å². The van der Waals surface area contributed by atoms with E-state index in [0.29, 0.717) is 10.6 Å². The number of aromatic carboxylic acids is 1. The number of carbonyl (C=O) groups excluding carboxylic acids is 2. The third-order valence-corrected chi connectivity index (χ3v) is 4.08. The van der Waals surface area contributed by atoms with Crippen molar-refractivity contribution in [3.05, 3.63) is 39.3 Å². The van der Waals surface area contributed by atoms with Crippen LogP contribution in [0.1, 0.15) is 32.9 Å². The molecule has 0 bridgehead atoms. The highest BCUT2D eigenvalue weighted by Gasteiger charge is 2.08. The zero-order chi connectivity index (χ0) is 16.3.